The van der Waals surface area contributed by atoms with Gasteiger partial charge < -0.3 is 14.8 Å². The van der Waals surface area contributed by atoms with Crippen LogP contribution in [-0.4, -0.2) is 20.3 Å². The number of rotatable bonds is 7. The molecule has 2 aromatic rings. The van der Waals surface area contributed by atoms with Crippen molar-refractivity contribution in [2.45, 2.75) is 6.61 Å². The third kappa shape index (κ3) is 4.44. The summed E-state index contributed by atoms with van der Waals surface area (Å²) in [6.07, 6.45) is 0. The van der Waals surface area contributed by atoms with Crippen molar-refractivity contribution < 1.29 is 9.47 Å². The van der Waals surface area contributed by atoms with Crippen molar-refractivity contribution >= 4 is 17.3 Å². The van der Waals surface area contributed by atoms with Gasteiger partial charge in [-0.1, -0.05) is 35.9 Å². The van der Waals surface area contributed by atoms with Crippen molar-refractivity contribution in [2.75, 3.05) is 25.6 Å². The lowest BCUT2D eigenvalue weighted by Crippen LogP contribution is -2.09. The minimum Gasteiger partial charge on any atom is -0.497 e. The van der Waals surface area contributed by atoms with Crippen LogP contribution in [0.15, 0.2) is 48.5 Å². The lowest BCUT2D eigenvalue weighted by Gasteiger charge is -2.09. The summed E-state index contributed by atoms with van der Waals surface area (Å²) in [6, 6.07) is 15.5. The number of nitrogens with one attached hydrogen (secondary N) is 1. The highest BCUT2D eigenvalue weighted by Crippen LogP contribution is 2.19. The molecule has 0 unspecified atom stereocenters. The van der Waals surface area contributed by atoms with Gasteiger partial charge in [0.1, 0.15) is 5.75 Å². The molecule has 1 N–H and O–H groups in total. The number of anilines is 1. The van der Waals surface area contributed by atoms with E-state index in [2.05, 4.69) is 5.32 Å². The molecule has 0 aliphatic carbocycles. The predicted molar refractivity (Wildman–Crippen MR) is 82.6 cm³/mol. The molecule has 0 amide bonds. The summed E-state index contributed by atoms with van der Waals surface area (Å²) in [4.78, 5) is 0. The molecule has 0 spiro atoms. The molecule has 0 aromatic heterocycles. The van der Waals surface area contributed by atoms with Crippen LogP contribution in [0, 0.1) is 0 Å². The van der Waals surface area contributed by atoms with E-state index in [0.717, 1.165) is 22.0 Å². The molecule has 0 aliphatic rings. The fraction of sp³-hybridized carbons (Fsp3) is 0.250. The lowest BCUT2D eigenvalue weighted by atomic mass is 10.2. The quantitative estimate of drug-likeness (QED) is 0.783. The van der Waals surface area contributed by atoms with Crippen molar-refractivity contribution in [3.63, 3.8) is 0 Å². The Hall–Kier alpha value is -1.71. The van der Waals surface area contributed by atoms with Gasteiger partial charge in [0.15, 0.2) is 0 Å². The maximum Gasteiger partial charge on any atom is 0.119 e. The monoisotopic (exact) mass is 291 g/mol. The van der Waals surface area contributed by atoms with E-state index in [-0.39, 0.29) is 0 Å². The van der Waals surface area contributed by atoms with Gasteiger partial charge in [-0.3, -0.25) is 0 Å². The van der Waals surface area contributed by atoms with Gasteiger partial charge in [-0.05, 0) is 29.8 Å². The second-order valence-electron chi connectivity index (χ2n) is 4.31. The molecule has 0 bridgehead atoms. The Labute approximate surface area is 124 Å². The zero-order chi connectivity index (χ0) is 14.2. The van der Waals surface area contributed by atoms with Crippen LogP contribution in [-0.2, 0) is 11.3 Å². The zero-order valence-electron chi connectivity index (χ0n) is 11.4. The Balaban J connectivity index is 1.70. The fourth-order valence-corrected chi connectivity index (χ4v) is 2.02. The van der Waals surface area contributed by atoms with E-state index >= 15 is 0 Å². The van der Waals surface area contributed by atoms with E-state index in [9.17, 15) is 0 Å². The molecule has 0 aliphatic heterocycles. The van der Waals surface area contributed by atoms with Crippen molar-refractivity contribution in [1.29, 1.82) is 0 Å². The number of benzene rings is 2. The highest BCUT2D eigenvalue weighted by Gasteiger charge is 1.98. The molecular formula is C16H18ClNO2. The summed E-state index contributed by atoms with van der Waals surface area (Å²) in [5.74, 6) is 0.847. The molecule has 0 saturated heterocycles. The Morgan fingerprint density at radius 3 is 2.75 bits per heavy atom. The Bertz CT molecular complexity index is 546. The lowest BCUT2D eigenvalue weighted by molar-refractivity contribution is 0.130. The minimum absolute atomic E-state index is 0.571. The molecule has 2 aromatic carbocycles. The Kier molecular flexibility index (Phi) is 5.71. The number of halogens is 1. The van der Waals surface area contributed by atoms with Crippen LogP contribution in [0.5, 0.6) is 5.75 Å². The van der Waals surface area contributed by atoms with E-state index in [1.54, 1.807) is 7.11 Å². The molecule has 0 heterocycles. The zero-order valence-corrected chi connectivity index (χ0v) is 12.2. The summed E-state index contributed by atoms with van der Waals surface area (Å²) in [7, 11) is 1.66. The number of hydrogen-bond donors (Lipinski definition) is 1. The van der Waals surface area contributed by atoms with Gasteiger partial charge in [0.2, 0.25) is 0 Å². The topological polar surface area (TPSA) is 30.5 Å². The molecule has 0 fully saturated rings. The molecule has 0 saturated carbocycles. The second kappa shape index (κ2) is 7.78. The predicted octanol–water partition coefficient (Wildman–Crippen LogP) is 3.98. The molecule has 2 rings (SSSR count). The molecular weight excluding hydrogens is 274 g/mol. The maximum absolute atomic E-state index is 6.05. The summed E-state index contributed by atoms with van der Waals surface area (Å²) in [6.45, 7) is 1.90. The van der Waals surface area contributed by atoms with Crippen LogP contribution in [0.2, 0.25) is 5.02 Å². The van der Waals surface area contributed by atoms with Gasteiger partial charge in [0.05, 0.1) is 31.0 Å². The molecule has 106 valence electrons. The SMILES string of the molecule is COc1cccc(COCCNc2ccccc2Cl)c1. The van der Waals surface area contributed by atoms with Crippen LogP contribution in [0.4, 0.5) is 5.69 Å². The molecule has 0 radical (unpaired) electrons. The van der Waals surface area contributed by atoms with Crippen molar-refractivity contribution in [3.05, 3.63) is 59.1 Å². The molecule has 0 atom stereocenters. The highest BCUT2D eigenvalue weighted by molar-refractivity contribution is 6.33. The van der Waals surface area contributed by atoms with E-state index < -0.39 is 0 Å². The maximum atomic E-state index is 6.05. The summed E-state index contributed by atoms with van der Waals surface area (Å²) >= 11 is 6.05. The third-order valence-corrected chi connectivity index (χ3v) is 3.17. The average Bonchev–Trinajstić information content (AvgIpc) is 2.49. The van der Waals surface area contributed by atoms with E-state index in [0.29, 0.717) is 19.8 Å². The number of hydrogen-bond acceptors (Lipinski definition) is 3. The van der Waals surface area contributed by atoms with Crippen molar-refractivity contribution in [2.24, 2.45) is 0 Å². The Morgan fingerprint density at radius 1 is 1.10 bits per heavy atom. The summed E-state index contributed by atoms with van der Waals surface area (Å²) in [5.41, 5.74) is 2.03. The van der Waals surface area contributed by atoms with Gasteiger partial charge in [0, 0.05) is 6.54 Å². The first kappa shape index (κ1) is 14.7. The van der Waals surface area contributed by atoms with E-state index in [1.165, 1.54) is 0 Å². The van der Waals surface area contributed by atoms with Crippen LogP contribution < -0.4 is 10.1 Å². The van der Waals surface area contributed by atoms with Gasteiger partial charge in [-0.15, -0.1) is 0 Å². The number of ether oxygens (including phenoxy) is 2. The fourth-order valence-electron chi connectivity index (χ4n) is 1.81. The molecule has 4 heteroatoms. The first-order valence-electron chi connectivity index (χ1n) is 6.48. The largest absolute Gasteiger partial charge is 0.497 e. The van der Waals surface area contributed by atoms with Gasteiger partial charge in [0.25, 0.3) is 0 Å². The van der Waals surface area contributed by atoms with Crippen LogP contribution >= 0.6 is 11.6 Å². The van der Waals surface area contributed by atoms with E-state index in [1.807, 2.05) is 48.5 Å². The Morgan fingerprint density at radius 2 is 1.95 bits per heavy atom. The molecule has 20 heavy (non-hydrogen) atoms. The minimum atomic E-state index is 0.571. The van der Waals surface area contributed by atoms with Crippen LogP contribution in [0.25, 0.3) is 0 Å². The first-order chi connectivity index (χ1) is 9.79. The normalized spacial score (nSPS) is 10.3. The standard InChI is InChI=1S/C16H18ClNO2/c1-19-14-6-4-5-13(11-14)12-20-10-9-18-16-8-3-2-7-15(16)17/h2-8,11,18H,9-10,12H2,1H3. The molecule has 3 nitrogen and oxygen atoms in total. The first-order valence-corrected chi connectivity index (χ1v) is 6.86. The highest BCUT2D eigenvalue weighted by atomic mass is 35.5. The van der Waals surface area contributed by atoms with Crippen LogP contribution in [0.1, 0.15) is 5.56 Å². The third-order valence-electron chi connectivity index (χ3n) is 2.84. The average molecular weight is 292 g/mol. The number of methoxy groups -OCH3 is 1. The summed E-state index contributed by atoms with van der Waals surface area (Å²) < 4.78 is 10.8. The second-order valence-corrected chi connectivity index (χ2v) is 4.72. The number of para-hydroxylation sites is 1. The van der Waals surface area contributed by atoms with Gasteiger partial charge in [-0.25, -0.2) is 0 Å². The van der Waals surface area contributed by atoms with Crippen molar-refractivity contribution in [3.8, 4) is 5.75 Å². The van der Waals surface area contributed by atoms with Crippen LogP contribution in [0.3, 0.4) is 0 Å². The summed E-state index contributed by atoms with van der Waals surface area (Å²) in [5, 5.41) is 3.96. The van der Waals surface area contributed by atoms with Crippen molar-refractivity contribution in [1.82, 2.24) is 0 Å². The smallest absolute Gasteiger partial charge is 0.119 e. The van der Waals surface area contributed by atoms with E-state index in [4.69, 9.17) is 21.1 Å². The van der Waals surface area contributed by atoms with Gasteiger partial charge >= 0.3 is 0 Å². The van der Waals surface area contributed by atoms with Gasteiger partial charge in [-0.2, -0.15) is 0 Å².